The van der Waals surface area contributed by atoms with E-state index < -0.39 is 16.0 Å². The molecule has 6 nitrogen and oxygen atoms in total. The van der Waals surface area contributed by atoms with Gasteiger partial charge in [-0.25, -0.2) is 17.9 Å². The van der Waals surface area contributed by atoms with Crippen molar-refractivity contribution in [3.63, 3.8) is 0 Å². The first-order valence-electron chi connectivity index (χ1n) is 6.45. The minimum Gasteiger partial charge on any atom is -0.478 e. The lowest BCUT2D eigenvalue weighted by Crippen LogP contribution is -2.33. The zero-order valence-electron chi connectivity index (χ0n) is 11.2. The van der Waals surface area contributed by atoms with E-state index in [-0.39, 0.29) is 22.2 Å². The van der Waals surface area contributed by atoms with Crippen LogP contribution in [0.5, 0.6) is 0 Å². The lowest BCUT2D eigenvalue weighted by Gasteiger charge is -2.14. The molecule has 2 rings (SSSR count). The van der Waals surface area contributed by atoms with Crippen LogP contribution in [-0.4, -0.2) is 25.5 Å². The highest BCUT2D eigenvalue weighted by atomic mass is 32.2. The molecule has 1 saturated carbocycles. The van der Waals surface area contributed by atoms with E-state index in [2.05, 4.69) is 11.6 Å². The van der Waals surface area contributed by atoms with Gasteiger partial charge in [0.1, 0.15) is 4.90 Å². The first-order valence-corrected chi connectivity index (χ1v) is 7.93. The van der Waals surface area contributed by atoms with Crippen LogP contribution in [0, 0.1) is 5.92 Å². The fourth-order valence-corrected chi connectivity index (χ4v) is 3.92. The molecule has 0 radical (unpaired) electrons. The summed E-state index contributed by atoms with van der Waals surface area (Å²) in [5.74, 6) is -0.632. The topological polar surface area (TPSA) is 109 Å². The molecule has 2 atom stereocenters. The van der Waals surface area contributed by atoms with Gasteiger partial charge in [0.25, 0.3) is 0 Å². The van der Waals surface area contributed by atoms with Crippen molar-refractivity contribution in [2.24, 2.45) is 5.92 Å². The standard InChI is InChI=1S/C13H18N2O4S/c1-8-2-4-10(6-8)15-20(18,19)12-5-3-9(13(16)17)7-11(12)14/h3,5,7-8,10,15H,2,4,6,14H2,1H3,(H,16,17). The molecule has 0 saturated heterocycles. The number of nitrogens with two attached hydrogens (primary N) is 1. The minimum absolute atomic E-state index is 0.0315. The number of nitrogen functional groups attached to an aromatic ring is 1. The molecule has 110 valence electrons. The molecule has 20 heavy (non-hydrogen) atoms. The number of sulfonamides is 1. The van der Waals surface area contributed by atoms with Gasteiger partial charge in [-0.15, -0.1) is 0 Å². The number of carboxylic acid groups (broad SMARTS) is 1. The van der Waals surface area contributed by atoms with Crippen LogP contribution in [0.2, 0.25) is 0 Å². The van der Waals surface area contributed by atoms with Crippen molar-refractivity contribution in [3.05, 3.63) is 23.8 Å². The molecular weight excluding hydrogens is 280 g/mol. The molecule has 0 aliphatic heterocycles. The predicted octanol–water partition coefficient (Wildman–Crippen LogP) is 1.43. The van der Waals surface area contributed by atoms with Gasteiger partial charge >= 0.3 is 5.97 Å². The first-order chi connectivity index (χ1) is 9.29. The summed E-state index contributed by atoms with van der Waals surface area (Å²) in [6.45, 7) is 2.09. The average Bonchev–Trinajstić information content (AvgIpc) is 2.73. The maximum Gasteiger partial charge on any atom is 0.335 e. The summed E-state index contributed by atoms with van der Waals surface area (Å²) in [7, 11) is -3.71. The Balaban J connectivity index is 2.23. The van der Waals surface area contributed by atoms with Crippen molar-refractivity contribution >= 4 is 21.7 Å². The van der Waals surface area contributed by atoms with E-state index in [1.54, 1.807) is 0 Å². The zero-order valence-corrected chi connectivity index (χ0v) is 12.0. The van der Waals surface area contributed by atoms with Crippen LogP contribution in [0.3, 0.4) is 0 Å². The van der Waals surface area contributed by atoms with E-state index in [1.807, 2.05) is 0 Å². The van der Waals surface area contributed by atoms with Gasteiger partial charge in [0.2, 0.25) is 10.0 Å². The number of hydrogen-bond donors (Lipinski definition) is 3. The smallest absolute Gasteiger partial charge is 0.335 e. The summed E-state index contributed by atoms with van der Waals surface area (Å²) in [5.41, 5.74) is 5.58. The third-order valence-electron chi connectivity index (χ3n) is 3.56. The Morgan fingerprint density at radius 1 is 1.40 bits per heavy atom. The fourth-order valence-electron chi connectivity index (χ4n) is 2.52. The Morgan fingerprint density at radius 3 is 2.60 bits per heavy atom. The molecule has 1 aliphatic rings. The van der Waals surface area contributed by atoms with Gasteiger partial charge in [0, 0.05) is 6.04 Å². The van der Waals surface area contributed by atoms with E-state index in [9.17, 15) is 13.2 Å². The number of anilines is 1. The number of rotatable bonds is 4. The van der Waals surface area contributed by atoms with Gasteiger partial charge in [-0.1, -0.05) is 6.92 Å². The highest BCUT2D eigenvalue weighted by Gasteiger charge is 2.27. The van der Waals surface area contributed by atoms with Crippen molar-refractivity contribution in [3.8, 4) is 0 Å². The summed E-state index contributed by atoms with van der Waals surface area (Å²) in [6, 6.07) is 3.56. The van der Waals surface area contributed by atoms with Crippen LogP contribution in [0.15, 0.2) is 23.1 Å². The molecule has 0 heterocycles. The largest absolute Gasteiger partial charge is 0.478 e. The van der Waals surface area contributed by atoms with Gasteiger partial charge in [-0.2, -0.15) is 0 Å². The third kappa shape index (κ3) is 3.10. The van der Waals surface area contributed by atoms with Crippen LogP contribution >= 0.6 is 0 Å². The van der Waals surface area contributed by atoms with Crippen LogP contribution in [-0.2, 0) is 10.0 Å². The van der Waals surface area contributed by atoms with E-state index in [4.69, 9.17) is 10.8 Å². The maximum absolute atomic E-state index is 12.3. The van der Waals surface area contributed by atoms with E-state index in [1.165, 1.54) is 12.1 Å². The van der Waals surface area contributed by atoms with Crippen LogP contribution in [0.4, 0.5) is 5.69 Å². The van der Waals surface area contributed by atoms with Gasteiger partial charge in [0.05, 0.1) is 11.3 Å². The number of nitrogens with one attached hydrogen (secondary N) is 1. The number of carbonyl (C=O) groups is 1. The average molecular weight is 298 g/mol. The number of hydrogen-bond acceptors (Lipinski definition) is 4. The fraction of sp³-hybridized carbons (Fsp3) is 0.462. The first kappa shape index (κ1) is 14.8. The Kier molecular flexibility index (Phi) is 4.01. The van der Waals surface area contributed by atoms with Crippen LogP contribution < -0.4 is 10.5 Å². The quantitative estimate of drug-likeness (QED) is 0.728. The van der Waals surface area contributed by atoms with Crippen LogP contribution in [0.25, 0.3) is 0 Å². The van der Waals surface area contributed by atoms with Crippen molar-refractivity contribution in [2.45, 2.75) is 37.1 Å². The van der Waals surface area contributed by atoms with Gasteiger partial charge in [-0.3, -0.25) is 0 Å². The molecule has 1 aromatic carbocycles. The van der Waals surface area contributed by atoms with Crippen molar-refractivity contribution < 1.29 is 18.3 Å². The van der Waals surface area contributed by atoms with E-state index in [0.717, 1.165) is 25.3 Å². The normalized spacial score (nSPS) is 22.9. The Labute approximate surface area is 118 Å². The maximum atomic E-state index is 12.3. The molecular formula is C13H18N2O4S. The van der Waals surface area contributed by atoms with Gasteiger partial charge in [-0.05, 0) is 43.4 Å². The third-order valence-corrected chi connectivity index (χ3v) is 5.16. The predicted molar refractivity (Wildman–Crippen MR) is 74.9 cm³/mol. The van der Waals surface area contributed by atoms with E-state index >= 15 is 0 Å². The Hall–Kier alpha value is -1.60. The van der Waals surface area contributed by atoms with Gasteiger partial charge < -0.3 is 10.8 Å². The number of carboxylic acids is 1. The molecule has 7 heteroatoms. The molecule has 0 aromatic heterocycles. The summed E-state index contributed by atoms with van der Waals surface area (Å²) < 4.78 is 27.2. The highest BCUT2D eigenvalue weighted by Crippen LogP contribution is 2.27. The van der Waals surface area contributed by atoms with Crippen molar-refractivity contribution in [2.75, 3.05) is 5.73 Å². The van der Waals surface area contributed by atoms with Gasteiger partial charge in [0.15, 0.2) is 0 Å². The summed E-state index contributed by atoms with van der Waals surface area (Å²) in [5, 5.41) is 8.84. The molecule has 1 fully saturated rings. The zero-order chi connectivity index (χ0) is 14.9. The molecule has 0 bridgehead atoms. The molecule has 2 unspecified atom stereocenters. The molecule has 1 aromatic rings. The summed E-state index contributed by atoms with van der Waals surface area (Å²) in [4.78, 5) is 10.7. The monoisotopic (exact) mass is 298 g/mol. The van der Waals surface area contributed by atoms with Crippen molar-refractivity contribution in [1.82, 2.24) is 4.72 Å². The molecule has 0 amide bonds. The van der Waals surface area contributed by atoms with Crippen LogP contribution in [0.1, 0.15) is 36.5 Å². The molecule has 0 spiro atoms. The lowest BCUT2D eigenvalue weighted by atomic mass is 10.1. The number of benzene rings is 1. The Morgan fingerprint density at radius 2 is 2.10 bits per heavy atom. The van der Waals surface area contributed by atoms with Crippen molar-refractivity contribution in [1.29, 1.82) is 0 Å². The minimum atomic E-state index is -3.71. The molecule has 1 aliphatic carbocycles. The second-order valence-corrected chi connectivity index (χ2v) is 6.98. The SMILES string of the molecule is CC1CCC(NS(=O)(=O)c2ccc(C(=O)O)cc2N)C1. The Bertz CT molecular complexity index is 627. The highest BCUT2D eigenvalue weighted by molar-refractivity contribution is 7.89. The number of aromatic carboxylic acids is 1. The second kappa shape index (κ2) is 5.41. The summed E-state index contributed by atoms with van der Waals surface area (Å²) in [6.07, 6.45) is 2.63. The second-order valence-electron chi connectivity index (χ2n) is 5.29. The van der Waals surface area contributed by atoms with E-state index in [0.29, 0.717) is 5.92 Å². The summed E-state index contributed by atoms with van der Waals surface area (Å²) >= 11 is 0. The molecule has 4 N–H and O–H groups in total. The lowest BCUT2D eigenvalue weighted by molar-refractivity contribution is 0.0697.